The van der Waals surface area contributed by atoms with E-state index in [1.165, 1.54) is 0 Å². The summed E-state index contributed by atoms with van der Waals surface area (Å²) in [6, 6.07) is 0. The lowest BCUT2D eigenvalue weighted by molar-refractivity contribution is 0.122. The van der Waals surface area contributed by atoms with E-state index in [-0.39, 0.29) is 6.61 Å². The Morgan fingerprint density at radius 2 is 2.05 bits per heavy atom. The van der Waals surface area contributed by atoms with Crippen LogP contribution in [0.5, 0.6) is 0 Å². The van der Waals surface area contributed by atoms with Crippen LogP contribution in [-0.2, 0) is 11.2 Å². The number of hydrogen-bond acceptors (Lipinski definition) is 7. The Bertz CT molecular complexity index is 410. The van der Waals surface area contributed by atoms with Crippen molar-refractivity contribution < 1.29 is 9.84 Å². The van der Waals surface area contributed by atoms with Crippen LogP contribution in [0.2, 0.25) is 0 Å². The molecule has 2 rings (SSSR count). The third-order valence-electron chi connectivity index (χ3n) is 3.06. The molecule has 0 aromatic carbocycles. The number of rotatable bonds is 7. The molecule has 0 bridgehead atoms. The summed E-state index contributed by atoms with van der Waals surface area (Å²) in [5, 5.41) is 12.0. The molecular formula is C13H23N5O2. The van der Waals surface area contributed by atoms with Gasteiger partial charge in [0.15, 0.2) is 0 Å². The minimum atomic E-state index is 0.163. The van der Waals surface area contributed by atoms with Crippen LogP contribution in [0.15, 0.2) is 0 Å². The Labute approximate surface area is 119 Å². The van der Waals surface area contributed by atoms with Gasteiger partial charge in [-0.2, -0.15) is 15.0 Å². The Hall–Kier alpha value is -1.47. The molecule has 1 fully saturated rings. The summed E-state index contributed by atoms with van der Waals surface area (Å²) >= 11 is 0. The van der Waals surface area contributed by atoms with Crippen molar-refractivity contribution in [2.24, 2.45) is 0 Å². The summed E-state index contributed by atoms with van der Waals surface area (Å²) < 4.78 is 5.35. The van der Waals surface area contributed by atoms with E-state index >= 15 is 0 Å². The number of nitrogens with one attached hydrogen (secondary N) is 1. The number of morpholine rings is 1. The van der Waals surface area contributed by atoms with Gasteiger partial charge in [0.2, 0.25) is 11.9 Å². The maximum atomic E-state index is 8.83. The van der Waals surface area contributed by atoms with Crippen molar-refractivity contribution in [1.29, 1.82) is 0 Å². The summed E-state index contributed by atoms with van der Waals surface area (Å²) in [5.74, 6) is 2.13. The van der Waals surface area contributed by atoms with Crippen LogP contribution in [0.4, 0.5) is 11.9 Å². The minimum absolute atomic E-state index is 0.163. The highest BCUT2D eigenvalue weighted by molar-refractivity contribution is 5.37. The van der Waals surface area contributed by atoms with Crippen LogP contribution in [0.1, 0.15) is 25.6 Å². The average molecular weight is 281 g/mol. The smallest absolute Gasteiger partial charge is 0.230 e. The van der Waals surface area contributed by atoms with E-state index in [4.69, 9.17) is 9.84 Å². The van der Waals surface area contributed by atoms with Gasteiger partial charge in [0.05, 0.1) is 13.2 Å². The van der Waals surface area contributed by atoms with E-state index in [1.54, 1.807) is 0 Å². The summed E-state index contributed by atoms with van der Waals surface area (Å²) in [7, 11) is 0. The summed E-state index contributed by atoms with van der Waals surface area (Å²) in [6.07, 6.45) is 2.53. The second-order valence-corrected chi connectivity index (χ2v) is 4.73. The Morgan fingerprint density at radius 3 is 2.75 bits per heavy atom. The van der Waals surface area contributed by atoms with E-state index in [9.17, 15) is 0 Å². The lowest BCUT2D eigenvalue weighted by atomic mass is 10.3. The Kier molecular flexibility index (Phi) is 5.94. The molecule has 0 aliphatic carbocycles. The molecule has 1 aliphatic heterocycles. The van der Waals surface area contributed by atoms with Crippen LogP contribution in [0.25, 0.3) is 0 Å². The van der Waals surface area contributed by atoms with Crippen molar-refractivity contribution in [3.8, 4) is 0 Å². The highest BCUT2D eigenvalue weighted by Crippen LogP contribution is 2.13. The molecule has 0 saturated carbocycles. The largest absolute Gasteiger partial charge is 0.396 e. The van der Waals surface area contributed by atoms with Crippen LogP contribution in [0.3, 0.4) is 0 Å². The normalized spacial score (nSPS) is 15.4. The standard InChI is InChI=1S/C13H23N5O2/c1-2-4-11-15-12(14-5-3-8-19)17-13(16-11)18-6-9-20-10-7-18/h19H,2-10H2,1H3,(H,14,15,16,17). The van der Waals surface area contributed by atoms with Gasteiger partial charge in [-0.3, -0.25) is 0 Å². The third kappa shape index (κ3) is 4.28. The summed E-state index contributed by atoms with van der Waals surface area (Å²) in [6.45, 7) is 5.98. The number of ether oxygens (including phenoxy) is 1. The maximum Gasteiger partial charge on any atom is 0.230 e. The lowest BCUT2D eigenvalue weighted by Crippen LogP contribution is -2.37. The maximum absolute atomic E-state index is 8.83. The molecule has 0 unspecified atom stereocenters. The number of aliphatic hydroxyl groups is 1. The van der Waals surface area contributed by atoms with Gasteiger partial charge in [-0.25, -0.2) is 0 Å². The number of anilines is 2. The highest BCUT2D eigenvalue weighted by Gasteiger charge is 2.16. The Morgan fingerprint density at radius 1 is 1.25 bits per heavy atom. The van der Waals surface area contributed by atoms with Crippen LogP contribution >= 0.6 is 0 Å². The molecule has 0 radical (unpaired) electrons. The molecule has 1 saturated heterocycles. The third-order valence-corrected chi connectivity index (χ3v) is 3.06. The molecule has 2 N–H and O–H groups in total. The highest BCUT2D eigenvalue weighted by atomic mass is 16.5. The van der Waals surface area contributed by atoms with Crippen molar-refractivity contribution in [3.05, 3.63) is 5.82 Å². The van der Waals surface area contributed by atoms with Crippen molar-refractivity contribution in [2.75, 3.05) is 49.7 Å². The fourth-order valence-corrected chi connectivity index (χ4v) is 2.01. The van der Waals surface area contributed by atoms with E-state index in [0.717, 1.165) is 37.7 Å². The first-order chi connectivity index (χ1) is 9.83. The first-order valence-corrected chi connectivity index (χ1v) is 7.26. The van der Waals surface area contributed by atoms with E-state index in [1.807, 2.05) is 0 Å². The molecule has 0 atom stereocenters. The van der Waals surface area contributed by atoms with Gasteiger partial charge in [-0.15, -0.1) is 0 Å². The van der Waals surface area contributed by atoms with Gasteiger partial charge >= 0.3 is 0 Å². The fraction of sp³-hybridized carbons (Fsp3) is 0.769. The quantitative estimate of drug-likeness (QED) is 0.702. The molecule has 7 nitrogen and oxygen atoms in total. The monoisotopic (exact) mass is 281 g/mol. The number of nitrogens with zero attached hydrogens (tertiary/aromatic N) is 4. The zero-order valence-electron chi connectivity index (χ0n) is 12.0. The van der Waals surface area contributed by atoms with Crippen LogP contribution in [-0.4, -0.2) is 59.5 Å². The molecule has 0 amide bonds. The second-order valence-electron chi connectivity index (χ2n) is 4.73. The van der Waals surface area contributed by atoms with Gasteiger partial charge < -0.3 is 20.1 Å². The van der Waals surface area contributed by atoms with Crippen molar-refractivity contribution in [1.82, 2.24) is 15.0 Å². The van der Waals surface area contributed by atoms with Crippen molar-refractivity contribution in [3.63, 3.8) is 0 Å². The molecule has 1 aliphatic rings. The molecule has 0 spiro atoms. The lowest BCUT2D eigenvalue weighted by Gasteiger charge is -2.27. The first-order valence-electron chi connectivity index (χ1n) is 7.26. The molecular weight excluding hydrogens is 258 g/mol. The number of aromatic nitrogens is 3. The molecule has 1 aromatic heterocycles. The molecule has 2 heterocycles. The van der Waals surface area contributed by atoms with Gasteiger partial charge in [-0.05, 0) is 12.8 Å². The predicted octanol–water partition coefficient (Wildman–Crippen LogP) is 0.455. The van der Waals surface area contributed by atoms with Gasteiger partial charge in [0.1, 0.15) is 5.82 Å². The molecule has 7 heteroatoms. The summed E-state index contributed by atoms with van der Waals surface area (Å²) in [5.41, 5.74) is 0. The topological polar surface area (TPSA) is 83.4 Å². The fourth-order valence-electron chi connectivity index (χ4n) is 2.01. The number of hydrogen-bond donors (Lipinski definition) is 2. The van der Waals surface area contributed by atoms with Gasteiger partial charge in [0.25, 0.3) is 0 Å². The molecule has 20 heavy (non-hydrogen) atoms. The van der Waals surface area contributed by atoms with Crippen molar-refractivity contribution >= 4 is 11.9 Å². The number of aliphatic hydroxyl groups excluding tert-OH is 1. The second kappa shape index (κ2) is 7.96. The van der Waals surface area contributed by atoms with E-state index in [2.05, 4.69) is 32.1 Å². The number of aryl methyl sites for hydroxylation is 1. The zero-order chi connectivity index (χ0) is 14.2. The first kappa shape index (κ1) is 14.9. The van der Waals surface area contributed by atoms with Crippen molar-refractivity contribution in [2.45, 2.75) is 26.2 Å². The SMILES string of the molecule is CCCc1nc(NCCCO)nc(N2CCOCC2)n1. The van der Waals surface area contributed by atoms with E-state index < -0.39 is 0 Å². The zero-order valence-corrected chi connectivity index (χ0v) is 12.0. The van der Waals surface area contributed by atoms with Crippen LogP contribution < -0.4 is 10.2 Å². The van der Waals surface area contributed by atoms with E-state index in [0.29, 0.717) is 32.1 Å². The van der Waals surface area contributed by atoms with Gasteiger partial charge in [-0.1, -0.05) is 6.92 Å². The summed E-state index contributed by atoms with van der Waals surface area (Å²) in [4.78, 5) is 15.5. The average Bonchev–Trinajstić information content (AvgIpc) is 2.49. The molecule has 1 aromatic rings. The molecule has 112 valence electrons. The Balaban J connectivity index is 2.11. The minimum Gasteiger partial charge on any atom is -0.396 e. The van der Waals surface area contributed by atoms with Crippen LogP contribution in [0, 0.1) is 0 Å². The van der Waals surface area contributed by atoms with Gasteiger partial charge in [0, 0.05) is 32.7 Å². The predicted molar refractivity (Wildman–Crippen MR) is 77.0 cm³/mol.